The van der Waals surface area contributed by atoms with Gasteiger partial charge in [-0.05, 0) is 102 Å². The molecule has 56 heavy (non-hydrogen) atoms. The molecule has 0 spiro atoms. The quantitative estimate of drug-likeness (QED) is 0.174. The van der Waals surface area contributed by atoms with Crippen LogP contribution in [0.2, 0.25) is 0 Å². The summed E-state index contributed by atoms with van der Waals surface area (Å²) in [7, 11) is 0. The van der Waals surface area contributed by atoms with Crippen molar-refractivity contribution in [1.29, 1.82) is 0 Å². The molecule has 0 saturated heterocycles. The van der Waals surface area contributed by atoms with Crippen LogP contribution in [0.5, 0.6) is 0 Å². The van der Waals surface area contributed by atoms with Gasteiger partial charge in [0.05, 0.1) is 22.8 Å². The summed E-state index contributed by atoms with van der Waals surface area (Å²) in [5.74, 6) is 0. The second-order valence-corrected chi connectivity index (χ2v) is 14.6. The lowest BCUT2D eigenvalue weighted by atomic mass is 9.92. The predicted molar refractivity (Wildman–Crippen MR) is 237 cm³/mol. The molecular formula is C54H34N2. The SMILES string of the molecule is c1ccc2c(c1)N=C(c1ccc3cc(-c4cccc5ccccc45)ccc3c1)c1ccccc1N=C2c1ccc2cc(-c3cccc4ccccc34)ccc2c1. The highest BCUT2D eigenvalue weighted by molar-refractivity contribution is 6.23. The summed E-state index contributed by atoms with van der Waals surface area (Å²) in [6, 6.07) is 74.0. The van der Waals surface area contributed by atoms with Crippen LogP contribution in [-0.2, 0) is 0 Å². The Morgan fingerprint density at radius 3 is 1.04 bits per heavy atom. The molecule has 0 N–H and O–H groups in total. The lowest BCUT2D eigenvalue weighted by Gasteiger charge is -2.18. The minimum atomic E-state index is 0.897. The van der Waals surface area contributed by atoms with Crippen molar-refractivity contribution in [2.24, 2.45) is 9.98 Å². The van der Waals surface area contributed by atoms with E-state index in [9.17, 15) is 0 Å². The summed E-state index contributed by atoms with van der Waals surface area (Å²) in [5.41, 5.74) is 12.7. The molecule has 1 heterocycles. The van der Waals surface area contributed by atoms with Crippen molar-refractivity contribution in [2.45, 2.75) is 0 Å². The maximum atomic E-state index is 5.46. The molecule has 0 unspecified atom stereocenters. The van der Waals surface area contributed by atoms with Gasteiger partial charge in [-0.2, -0.15) is 0 Å². The van der Waals surface area contributed by atoms with Crippen LogP contribution in [0.25, 0.3) is 65.3 Å². The topological polar surface area (TPSA) is 24.7 Å². The van der Waals surface area contributed by atoms with Crippen LogP contribution < -0.4 is 0 Å². The summed E-state index contributed by atoms with van der Waals surface area (Å²) < 4.78 is 0. The van der Waals surface area contributed by atoms with Crippen molar-refractivity contribution in [3.05, 3.63) is 229 Å². The summed E-state index contributed by atoms with van der Waals surface area (Å²) in [4.78, 5) is 10.9. The molecule has 2 heteroatoms. The number of benzene rings is 10. The molecule has 1 aliphatic heterocycles. The van der Waals surface area contributed by atoms with Crippen LogP contribution in [0.4, 0.5) is 11.4 Å². The zero-order valence-corrected chi connectivity index (χ0v) is 30.5. The van der Waals surface area contributed by atoms with Gasteiger partial charge in [0.2, 0.25) is 0 Å². The highest BCUT2D eigenvalue weighted by Crippen LogP contribution is 2.37. The van der Waals surface area contributed by atoms with E-state index in [0.29, 0.717) is 0 Å². The van der Waals surface area contributed by atoms with E-state index in [1.54, 1.807) is 0 Å². The van der Waals surface area contributed by atoms with Gasteiger partial charge in [0.15, 0.2) is 0 Å². The van der Waals surface area contributed by atoms with Crippen molar-refractivity contribution in [1.82, 2.24) is 0 Å². The van der Waals surface area contributed by atoms with E-state index >= 15 is 0 Å². The first-order valence-corrected chi connectivity index (χ1v) is 19.1. The molecule has 0 aromatic heterocycles. The van der Waals surface area contributed by atoms with Crippen molar-refractivity contribution >= 4 is 65.9 Å². The van der Waals surface area contributed by atoms with Crippen LogP contribution in [0.1, 0.15) is 22.3 Å². The highest BCUT2D eigenvalue weighted by atomic mass is 14.8. The lowest BCUT2D eigenvalue weighted by Crippen LogP contribution is -2.10. The largest absolute Gasteiger partial charge is 0.247 e. The van der Waals surface area contributed by atoms with E-state index in [1.807, 2.05) is 0 Å². The number of para-hydroxylation sites is 2. The average molecular weight is 711 g/mol. The monoisotopic (exact) mass is 710 g/mol. The number of hydrogen-bond acceptors (Lipinski definition) is 2. The minimum Gasteiger partial charge on any atom is -0.247 e. The fourth-order valence-electron chi connectivity index (χ4n) is 8.42. The van der Waals surface area contributed by atoms with E-state index in [0.717, 1.165) is 45.1 Å². The van der Waals surface area contributed by atoms with Crippen LogP contribution in [0.15, 0.2) is 216 Å². The molecule has 10 aromatic carbocycles. The van der Waals surface area contributed by atoms with Gasteiger partial charge < -0.3 is 0 Å². The van der Waals surface area contributed by atoms with Gasteiger partial charge in [0, 0.05) is 22.3 Å². The molecule has 0 atom stereocenters. The Kier molecular flexibility index (Phi) is 7.53. The van der Waals surface area contributed by atoms with Crippen LogP contribution >= 0.6 is 0 Å². The Hall–Kier alpha value is -7.42. The normalized spacial score (nSPS) is 12.5. The first kappa shape index (κ1) is 32.0. The fraction of sp³-hybridized carbons (Fsp3) is 0. The second-order valence-electron chi connectivity index (χ2n) is 14.6. The van der Waals surface area contributed by atoms with Crippen LogP contribution in [0.3, 0.4) is 0 Å². The predicted octanol–water partition coefficient (Wildman–Crippen LogP) is 14.3. The van der Waals surface area contributed by atoms with Gasteiger partial charge in [-0.15, -0.1) is 0 Å². The van der Waals surface area contributed by atoms with Crippen LogP contribution in [-0.4, -0.2) is 11.4 Å². The highest BCUT2D eigenvalue weighted by Gasteiger charge is 2.21. The number of aliphatic imine (C=N–C) groups is 2. The molecule has 0 radical (unpaired) electrons. The lowest BCUT2D eigenvalue weighted by molar-refractivity contribution is 1.39. The van der Waals surface area contributed by atoms with Gasteiger partial charge in [0.25, 0.3) is 0 Å². The third-order valence-electron chi connectivity index (χ3n) is 11.2. The summed E-state index contributed by atoms with van der Waals surface area (Å²) in [5, 5.41) is 9.76. The first-order valence-electron chi connectivity index (χ1n) is 19.1. The van der Waals surface area contributed by atoms with Crippen molar-refractivity contribution in [2.75, 3.05) is 0 Å². The standard InChI is InChI=1S/C54H34N2/c1-3-15-45-35(11-1)13-9-19-47(45)41-27-23-39-33-43(29-25-37(39)31-41)53-49-17-5-7-21-51(49)56-54(50-18-6-8-22-52(50)55-53)44-30-26-38-32-42(28-24-40(38)34-44)48-20-10-14-36-12-2-4-16-46(36)48/h1-34H. The molecular weight excluding hydrogens is 677 g/mol. The molecule has 0 bridgehead atoms. The van der Waals surface area contributed by atoms with E-state index in [2.05, 4.69) is 206 Å². The Balaban J connectivity index is 0.996. The third kappa shape index (κ3) is 5.51. The van der Waals surface area contributed by atoms with Crippen LogP contribution in [0, 0.1) is 0 Å². The zero-order chi connectivity index (χ0) is 37.0. The van der Waals surface area contributed by atoms with E-state index < -0.39 is 0 Å². The Bertz CT molecular complexity index is 3030. The maximum absolute atomic E-state index is 5.46. The fourth-order valence-corrected chi connectivity index (χ4v) is 8.42. The van der Waals surface area contributed by atoms with E-state index in [1.165, 1.54) is 65.3 Å². The van der Waals surface area contributed by atoms with Gasteiger partial charge in [-0.3, -0.25) is 0 Å². The number of nitrogens with zero attached hydrogens (tertiary/aromatic N) is 2. The first-order chi connectivity index (χ1) is 27.7. The zero-order valence-electron chi connectivity index (χ0n) is 30.5. The maximum Gasteiger partial charge on any atom is 0.0803 e. The van der Waals surface area contributed by atoms with Gasteiger partial charge >= 0.3 is 0 Å². The van der Waals surface area contributed by atoms with Crippen molar-refractivity contribution in [3.8, 4) is 22.3 Å². The molecule has 2 nitrogen and oxygen atoms in total. The molecule has 0 aliphatic carbocycles. The number of hydrogen-bond donors (Lipinski definition) is 0. The van der Waals surface area contributed by atoms with Gasteiger partial charge in [0.1, 0.15) is 0 Å². The Morgan fingerprint density at radius 1 is 0.232 bits per heavy atom. The molecule has 260 valence electrons. The number of fused-ring (bicyclic) bond motifs is 6. The molecule has 0 fully saturated rings. The summed E-state index contributed by atoms with van der Waals surface area (Å²) in [6.07, 6.45) is 0. The number of rotatable bonds is 4. The smallest absolute Gasteiger partial charge is 0.0803 e. The average Bonchev–Trinajstić information content (AvgIpc) is 3.26. The third-order valence-corrected chi connectivity index (χ3v) is 11.2. The Labute approximate surface area is 325 Å². The molecule has 0 saturated carbocycles. The molecule has 1 aliphatic rings. The molecule has 0 amide bonds. The summed E-state index contributed by atoms with van der Waals surface area (Å²) >= 11 is 0. The molecule has 11 rings (SSSR count). The molecule has 10 aromatic rings. The van der Waals surface area contributed by atoms with E-state index in [-0.39, 0.29) is 0 Å². The second kappa shape index (κ2) is 13.2. The summed E-state index contributed by atoms with van der Waals surface area (Å²) in [6.45, 7) is 0. The minimum absolute atomic E-state index is 0.897. The Morgan fingerprint density at radius 2 is 0.571 bits per heavy atom. The van der Waals surface area contributed by atoms with Gasteiger partial charge in [-0.1, -0.05) is 170 Å². The van der Waals surface area contributed by atoms with Crippen molar-refractivity contribution in [3.63, 3.8) is 0 Å². The van der Waals surface area contributed by atoms with Gasteiger partial charge in [-0.25, -0.2) is 9.98 Å². The van der Waals surface area contributed by atoms with Crippen molar-refractivity contribution < 1.29 is 0 Å². The van der Waals surface area contributed by atoms with E-state index in [4.69, 9.17) is 9.98 Å².